The van der Waals surface area contributed by atoms with E-state index in [0.29, 0.717) is 11.3 Å². The Morgan fingerprint density at radius 1 is 0.650 bits per heavy atom. The molecule has 11 atom stereocenters. The van der Waals surface area contributed by atoms with E-state index in [-0.39, 0.29) is 23.5 Å². The minimum Gasteiger partial charge on any atom is -0.497 e. The molecule has 7 rings (SSSR count). The first-order valence-corrected chi connectivity index (χ1v) is 19.0. The number of fused-ring (bicyclic) bond motifs is 2. The van der Waals surface area contributed by atoms with Crippen molar-refractivity contribution in [2.24, 2.45) is 0 Å². The fourth-order valence-corrected chi connectivity index (χ4v) is 7.58. The highest BCUT2D eigenvalue weighted by atomic mass is 16.8. The van der Waals surface area contributed by atoms with Crippen molar-refractivity contribution in [2.45, 2.75) is 95.3 Å². The molecule has 3 fully saturated rings. The van der Waals surface area contributed by atoms with Crippen LogP contribution in [0.3, 0.4) is 0 Å². The first kappa shape index (κ1) is 42.2. The third-order valence-electron chi connectivity index (χ3n) is 10.1. The maximum absolute atomic E-state index is 14.4. The van der Waals surface area contributed by atoms with E-state index < -0.39 is 110 Å². The minimum atomic E-state index is -1.75. The van der Waals surface area contributed by atoms with Crippen molar-refractivity contribution in [3.8, 4) is 11.5 Å². The van der Waals surface area contributed by atoms with Crippen LogP contribution in [0.2, 0.25) is 0 Å². The number of carbonyl (C=O) groups is 6. The highest BCUT2D eigenvalue weighted by molar-refractivity contribution is 6.21. The lowest BCUT2D eigenvalue weighted by atomic mass is 9.93. The van der Waals surface area contributed by atoms with Gasteiger partial charge in [0.05, 0.1) is 24.8 Å². The molecule has 3 aromatic rings. The van der Waals surface area contributed by atoms with Gasteiger partial charge in [0.2, 0.25) is 6.29 Å². The quantitative estimate of drug-likeness (QED) is 0.146. The summed E-state index contributed by atoms with van der Waals surface area (Å²) in [6.45, 7) is 3.78. The van der Waals surface area contributed by atoms with E-state index in [9.17, 15) is 28.8 Å². The number of carbonyl (C=O) groups excluding carboxylic acids is 6. The highest BCUT2D eigenvalue weighted by Crippen LogP contribution is 2.42. The zero-order valence-corrected chi connectivity index (χ0v) is 33.2. The molecule has 0 spiro atoms. The Balaban J connectivity index is 1.36. The van der Waals surface area contributed by atoms with Gasteiger partial charge in [-0.2, -0.15) is 0 Å². The molecule has 0 N–H and O–H groups in total. The van der Waals surface area contributed by atoms with Gasteiger partial charge in [-0.3, -0.25) is 33.7 Å². The van der Waals surface area contributed by atoms with Crippen molar-refractivity contribution < 1.29 is 80.9 Å². The summed E-state index contributed by atoms with van der Waals surface area (Å²) in [6.07, 6.45) is -14.0. The van der Waals surface area contributed by atoms with Crippen molar-refractivity contribution in [1.82, 2.24) is 4.90 Å². The van der Waals surface area contributed by atoms with Crippen molar-refractivity contribution >= 4 is 35.7 Å². The second kappa shape index (κ2) is 18.1. The number of ether oxygens (including phenoxy) is 11. The number of amides is 2. The Morgan fingerprint density at radius 2 is 1.23 bits per heavy atom. The van der Waals surface area contributed by atoms with E-state index >= 15 is 0 Å². The highest BCUT2D eigenvalue weighted by Gasteiger charge is 2.61. The lowest BCUT2D eigenvalue weighted by Crippen LogP contribution is -2.71. The summed E-state index contributed by atoms with van der Waals surface area (Å²) in [4.78, 5) is 79.7. The summed E-state index contributed by atoms with van der Waals surface area (Å²) < 4.78 is 66.4. The monoisotopic (exact) mass is 833 g/mol. The Bertz CT molecular complexity index is 2040. The standard InChI is InChI=1S/C42H43NO17/c1-21(44)51-19-30-34(53-22(2)45)36(54-23(3)46)37(55-24(4)47)42(58-30)60-35-32(43-38(48)28-13-9-10-14-29(28)39(43)49)41(56-27-17-15-26(50-5)16-18-27)57-31-20-52-40(59-33(31)35)25-11-7-6-8-12-25/h6-18,30-37,40-42H,19-20H2,1-5H3/t30-,31-,32-,33+,34-,35+,36-,37-,40?,41+,42-/m0/s1. The Hall–Kier alpha value is -5.92. The molecule has 2 amide bonds. The van der Waals surface area contributed by atoms with Gasteiger partial charge in [-0.25, -0.2) is 0 Å². The van der Waals surface area contributed by atoms with E-state index in [1.54, 1.807) is 60.7 Å². The van der Waals surface area contributed by atoms with Crippen molar-refractivity contribution in [3.05, 3.63) is 95.6 Å². The number of hydrogen-bond acceptors (Lipinski definition) is 17. The molecular formula is C42H43NO17. The molecule has 0 bridgehead atoms. The van der Waals surface area contributed by atoms with E-state index in [4.69, 9.17) is 52.1 Å². The first-order valence-electron chi connectivity index (χ1n) is 19.0. The molecule has 4 aliphatic heterocycles. The topological polar surface area (TPSA) is 207 Å². The zero-order chi connectivity index (χ0) is 42.7. The summed E-state index contributed by atoms with van der Waals surface area (Å²) >= 11 is 0. The number of benzene rings is 3. The average molecular weight is 834 g/mol. The van der Waals surface area contributed by atoms with Gasteiger partial charge in [-0.1, -0.05) is 42.5 Å². The van der Waals surface area contributed by atoms with Gasteiger partial charge in [-0.15, -0.1) is 0 Å². The van der Waals surface area contributed by atoms with Gasteiger partial charge >= 0.3 is 23.9 Å². The maximum atomic E-state index is 14.4. The van der Waals surface area contributed by atoms with Gasteiger partial charge < -0.3 is 52.1 Å². The molecule has 60 heavy (non-hydrogen) atoms. The van der Waals surface area contributed by atoms with E-state index in [2.05, 4.69) is 0 Å². The second-order valence-corrected chi connectivity index (χ2v) is 14.2. The molecule has 1 unspecified atom stereocenters. The van der Waals surface area contributed by atoms with Gasteiger partial charge in [0, 0.05) is 33.3 Å². The minimum absolute atomic E-state index is 0.0973. The molecule has 0 aliphatic carbocycles. The van der Waals surface area contributed by atoms with E-state index in [0.717, 1.165) is 32.6 Å². The number of hydrogen-bond donors (Lipinski definition) is 0. The normalized spacial score (nSPS) is 29.7. The van der Waals surface area contributed by atoms with Crippen LogP contribution in [-0.4, -0.2) is 122 Å². The Labute approximate surface area is 343 Å². The predicted octanol–water partition coefficient (Wildman–Crippen LogP) is 3.05. The van der Waals surface area contributed by atoms with Crippen LogP contribution >= 0.6 is 0 Å². The van der Waals surface area contributed by atoms with E-state index in [1.165, 1.54) is 19.2 Å². The lowest BCUT2D eigenvalue weighted by Gasteiger charge is -2.52. The third kappa shape index (κ3) is 8.97. The van der Waals surface area contributed by atoms with Crippen LogP contribution in [0.5, 0.6) is 11.5 Å². The summed E-state index contributed by atoms with van der Waals surface area (Å²) in [5, 5.41) is 0. The van der Waals surface area contributed by atoms with Crippen LogP contribution in [-0.2, 0) is 61.8 Å². The second-order valence-electron chi connectivity index (χ2n) is 14.2. The third-order valence-corrected chi connectivity index (χ3v) is 10.1. The summed E-state index contributed by atoms with van der Waals surface area (Å²) in [6, 6.07) is 20.2. The van der Waals surface area contributed by atoms with Crippen LogP contribution in [0.15, 0.2) is 78.9 Å². The molecule has 18 nitrogen and oxygen atoms in total. The summed E-state index contributed by atoms with van der Waals surface area (Å²) in [5.41, 5.74) is 0.832. The number of rotatable bonds is 12. The van der Waals surface area contributed by atoms with Crippen LogP contribution in [0.25, 0.3) is 0 Å². The van der Waals surface area contributed by atoms with Crippen LogP contribution in [0.4, 0.5) is 0 Å². The van der Waals surface area contributed by atoms with E-state index in [1.807, 2.05) is 6.07 Å². The largest absolute Gasteiger partial charge is 0.497 e. The van der Waals surface area contributed by atoms with Crippen LogP contribution in [0, 0.1) is 0 Å². The Morgan fingerprint density at radius 3 is 1.83 bits per heavy atom. The van der Waals surface area contributed by atoms with Crippen molar-refractivity contribution in [2.75, 3.05) is 20.3 Å². The predicted molar refractivity (Wildman–Crippen MR) is 200 cm³/mol. The maximum Gasteiger partial charge on any atom is 0.303 e. The first-order chi connectivity index (χ1) is 28.8. The summed E-state index contributed by atoms with van der Waals surface area (Å²) in [7, 11) is 1.50. The van der Waals surface area contributed by atoms with Gasteiger partial charge in [0.25, 0.3) is 11.8 Å². The van der Waals surface area contributed by atoms with Gasteiger partial charge in [-0.05, 0) is 36.4 Å². The fourth-order valence-electron chi connectivity index (χ4n) is 7.58. The molecule has 3 saturated heterocycles. The zero-order valence-electron chi connectivity index (χ0n) is 33.2. The average Bonchev–Trinajstić information content (AvgIpc) is 3.47. The lowest BCUT2D eigenvalue weighted by molar-refractivity contribution is -0.376. The number of esters is 4. The number of nitrogens with zero attached hydrogens (tertiary/aromatic N) is 1. The van der Waals surface area contributed by atoms with Crippen LogP contribution < -0.4 is 9.47 Å². The molecule has 0 saturated carbocycles. The fraction of sp³-hybridized carbons (Fsp3) is 0.429. The SMILES string of the molecule is COc1ccc(O[C@@H]2O[C@H]3COC(c4ccccc4)O[C@H]3[C@H](O[C@@H]3O[C@@H](COC(C)=O)[C@H](OC(C)=O)[C@H](OC(C)=O)[C@@H]3OC(C)=O)[C@@H]2N2C(=O)c3ccccc3C2=O)cc1. The van der Waals surface area contributed by atoms with Gasteiger partial charge in [0.1, 0.15) is 48.6 Å². The molecule has 18 heteroatoms. The molecular weight excluding hydrogens is 790 g/mol. The van der Waals surface area contributed by atoms with Crippen molar-refractivity contribution in [3.63, 3.8) is 0 Å². The number of methoxy groups -OCH3 is 1. The van der Waals surface area contributed by atoms with Crippen LogP contribution in [0.1, 0.15) is 60.3 Å². The number of imide groups is 1. The van der Waals surface area contributed by atoms with Gasteiger partial charge in [0.15, 0.2) is 30.9 Å². The molecule has 4 heterocycles. The molecule has 3 aromatic carbocycles. The molecule has 318 valence electrons. The molecule has 4 aliphatic rings. The molecule has 0 aromatic heterocycles. The van der Waals surface area contributed by atoms with Crippen molar-refractivity contribution in [1.29, 1.82) is 0 Å². The summed E-state index contributed by atoms with van der Waals surface area (Å²) in [5.74, 6) is -3.90. The Kier molecular flexibility index (Phi) is 12.8. The molecule has 0 radical (unpaired) electrons. The smallest absolute Gasteiger partial charge is 0.303 e.